The van der Waals surface area contributed by atoms with Crippen molar-refractivity contribution < 1.29 is 24.0 Å². The molecule has 0 saturated heterocycles. The third-order valence-electron chi connectivity index (χ3n) is 7.13. The molecule has 2 aromatic heterocycles. The minimum atomic E-state index is -0.367. The Morgan fingerprint density at radius 2 is 1.57 bits per heavy atom. The molecule has 1 N–H and O–H groups in total. The number of aromatic nitrogens is 3. The molecule has 0 saturated carbocycles. The first kappa shape index (κ1) is 30.4. The van der Waals surface area contributed by atoms with E-state index in [1.807, 2.05) is 24.3 Å². The van der Waals surface area contributed by atoms with Gasteiger partial charge in [-0.15, -0.1) is 0 Å². The molecule has 3 heterocycles. The van der Waals surface area contributed by atoms with Crippen LogP contribution in [-0.4, -0.2) is 92.5 Å². The standard InChI is InChI=1S/C30H37N7O5/c1-20(2)18-36-19-31-28-29(36)21-8-5-6-9-22(21)32-30(28)33-23(38)11-12-25(40)35(4)17-16-34(3)24(39)10-7-15-37-26(41)13-14-27(37)42/h5-6,8-9,13-14,19-20H,7,10-12,15-18H2,1-4H3,(H,32,33,38). The molecule has 0 radical (unpaired) electrons. The van der Waals surface area contributed by atoms with Crippen LogP contribution in [0.4, 0.5) is 5.82 Å². The van der Waals surface area contributed by atoms with E-state index < -0.39 is 0 Å². The number of nitrogens with one attached hydrogen (secondary N) is 1. The number of amides is 5. The van der Waals surface area contributed by atoms with Crippen LogP contribution in [0.15, 0.2) is 42.7 Å². The van der Waals surface area contributed by atoms with Crippen molar-refractivity contribution in [2.45, 2.75) is 46.1 Å². The maximum Gasteiger partial charge on any atom is 0.253 e. The van der Waals surface area contributed by atoms with Gasteiger partial charge in [-0.05, 0) is 18.4 Å². The zero-order valence-electron chi connectivity index (χ0n) is 24.5. The van der Waals surface area contributed by atoms with E-state index in [4.69, 9.17) is 0 Å². The number of imidazole rings is 1. The van der Waals surface area contributed by atoms with Crippen molar-refractivity contribution in [2.24, 2.45) is 5.92 Å². The highest BCUT2D eigenvalue weighted by Gasteiger charge is 2.23. The van der Waals surface area contributed by atoms with Gasteiger partial charge in [0.15, 0.2) is 5.82 Å². The van der Waals surface area contributed by atoms with E-state index >= 15 is 0 Å². The normalized spacial score (nSPS) is 13.0. The SMILES string of the molecule is CC(C)Cn1cnc2c(NC(=O)CCC(=O)N(C)CCN(C)C(=O)CCCN3C(=O)C=CC3=O)nc3ccccc3c21. The molecule has 4 rings (SSSR count). The molecule has 1 aliphatic rings. The van der Waals surface area contributed by atoms with Gasteiger partial charge in [0.2, 0.25) is 17.7 Å². The molecule has 0 bridgehead atoms. The fraction of sp³-hybridized carbons (Fsp3) is 0.433. The highest BCUT2D eigenvalue weighted by molar-refractivity contribution is 6.13. The number of likely N-dealkylation sites (N-methyl/N-ethyl adjacent to an activating group) is 2. The van der Waals surface area contributed by atoms with E-state index in [1.54, 1.807) is 20.4 Å². The van der Waals surface area contributed by atoms with E-state index in [9.17, 15) is 24.0 Å². The topological polar surface area (TPSA) is 138 Å². The molecule has 0 spiro atoms. The van der Waals surface area contributed by atoms with Crippen molar-refractivity contribution in [3.05, 3.63) is 42.7 Å². The van der Waals surface area contributed by atoms with Crippen LogP contribution >= 0.6 is 0 Å². The Morgan fingerprint density at radius 3 is 2.24 bits per heavy atom. The number of hydrogen-bond acceptors (Lipinski definition) is 7. The Labute approximate surface area is 244 Å². The zero-order valence-corrected chi connectivity index (χ0v) is 24.5. The number of benzene rings is 1. The van der Waals surface area contributed by atoms with Crippen LogP contribution in [-0.2, 0) is 30.5 Å². The van der Waals surface area contributed by atoms with Crippen LogP contribution in [0.25, 0.3) is 21.9 Å². The number of fused-ring (bicyclic) bond motifs is 3. The van der Waals surface area contributed by atoms with Crippen molar-refractivity contribution in [3.63, 3.8) is 0 Å². The lowest BCUT2D eigenvalue weighted by atomic mass is 10.1. The van der Waals surface area contributed by atoms with E-state index in [-0.39, 0.29) is 55.3 Å². The summed E-state index contributed by atoms with van der Waals surface area (Å²) in [5, 5.41) is 3.81. The predicted octanol–water partition coefficient (Wildman–Crippen LogP) is 2.58. The van der Waals surface area contributed by atoms with Gasteiger partial charge in [-0.1, -0.05) is 32.0 Å². The molecule has 12 heteroatoms. The van der Waals surface area contributed by atoms with Gasteiger partial charge in [0.05, 0.1) is 17.4 Å². The Morgan fingerprint density at radius 1 is 0.929 bits per heavy atom. The summed E-state index contributed by atoms with van der Waals surface area (Å²) in [6.07, 6.45) is 4.72. The number of rotatable bonds is 13. The molecule has 12 nitrogen and oxygen atoms in total. The van der Waals surface area contributed by atoms with E-state index in [2.05, 4.69) is 33.7 Å². The highest BCUT2D eigenvalue weighted by Crippen LogP contribution is 2.29. The second kappa shape index (κ2) is 13.4. The molecular formula is C30H37N7O5. The lowest BCUT2D eigenvalue weighted by molar-refractivity contribution is -0.138. The van der Waals surface area contributed by atoms with Crippen LogP contribution in [0.1, 0.15) is 39.5 Å². The van der Waals surface area contributed by atoms with Gasteiger partial charge in [-0.2, -0.15) is 0 Å². The molecule has 1 aromatic carbocycles. The van der Waals surface area contributed by atoms with E-state index in [0.717, 1.165) is 27.9 Å². The van der Waals surface area contributed by atoms with Gasteiger partial charge in [-0.3, -0.25) is 28.9 Å². The second-order valence-electron chi connectivity index (χ2n) is 10.9. The molecule has 222 valence electrons. The fourth-order valence-electron chi connectivity index (χ4n) is 4.79. The smallest absolute Gasteiger partial charge is 0.253 e. The third kappa shape index (κ3) is 7.17. The number of anilines is 1. The molecule has 1 aliphatic heterocycles. The number of carbonyl (C=O) groups is 5. The summed E-state index contributed by atoms with van der Waals surface area (Å²) in [6, 6.07) is 7.73. The minimum absolute atomic E-state index is 0.00440. The molecule has 0 fully saturated rings. The maximum absolute atomic E-state index is 12.8. The Hall–Kier alpha value is -4.61. The van der Waals surface area contributed by atoms with Gasteiger partial charge in [-0.25, -0.2) is 9.97 Å². The van der Waals surface area contributed by atoms with Crippen LogP contribution in [0.2, 0.25) is 0 Å². The monoisotopic (exact) mass is 575 g/mol. The zero-order chi connectivity index (χ0) is 30.4. The summed E-state index contributed by atoms with van der Waals surface area (Å²) < 4.78 is 2.08. The average molecular weight is 576 g/mol. The first-order valence-corrected chi connectivity index (χ1v) is 14.1. The highest BCUT2D eigenvalue weighted by atomic mass is 16.2. The van der Waals surface area contributed by atoms with E-state index in [0.29, 0.717) is 36.8 Å². The molecule has 0 atom stereocenters. The minimum Gasteiger partial charge on any atom is -0.344 e. The van der Waals surface area contributed by atoms with Crippen molar-refractivity contribution in [2.75, 3.05) is 39.0 Å². The number of nitrogens with zero attached hydrogens (tertiary/aromatic N) is 6. The summed E-state index contributed by atoms with van der Waals surface area (Å²) in [7, 11) is 3.27. The number of carbonyl (C=O) groups excluding carboxylic acids is 5. The van der Waals surface area contributed by atoms with Crippen molar-refractivity contribution in [1.82, 2.24) is 29.2 Å². The first-order chi connectivity index (χ1) is 20.0. The Balaban J connectivity index is 1.25. The molecule has 5 amide bonds. The molecule has 0 aliphatic carbocycles. The lowest BCUT2D eigenvalue weighted by Crippen LogP contribution is -2.38. The largest absolute Gasteiger partial charge is 0.344 e. The number of imide groups is 1. The van der Waals surface area contributed by atoms with E-state index in [1.165, 1.54) is 22.0 Å². The Kier molecular flexibility index (Phi) is 9.66. The number of hydrogen-bond donors (Lipinski definition) is 1. The average Bonchev–Trinajstić information content (AvgIpc) is 3.52. The second-order valence-corrected chi connectivity index (χ2v) is 10.9. The molecule has 0 unspecified atom stereocenters. The van der Waals surface area contributed by atoms with Crippen LogP contribution < -0.4 is 5.32 Å². The molecule has 3 aromatic rings. The summed E-state index contributed by atoms with van der Waals surface area (Å²) in [6.45, 7) is 5.84. The molecular weight excluding hydrogens is 538 g/mol. The van der Waals surface area contributed by atoms with Crippen LogP contribution in [0.3, 0.4) is 0 Å². The van der Waals surface area contributed by atoms with Gasteiger partial charge >= 0.3 is 0 Å². The third-order valence-corrected chi connectivity index (χ3v) is 7.13. The summed E-state index contributed by atoms with van der Waals surface area (Å²) in [4.78, 5) is 74.5. The predicted molar refractivity (Wildman–Crippen MR) is 158 cm³/mol. The summed E-state index contributed by atoms with van der Waals surface area (Å²) in [5.41, 5.74) is 2.26. The summed E-state index contributed by atoms with van der Waals surface area (Å²) >= 11 is 0. The lowest BCUT2D eigenvalue weighted by Gasteiger charge is -2.23. The summed E-state index contributed by atoms with van der Waals surface area (Å²) in [5.74, 6) is -0.661. The van der Waals surface area contributed by atoms with Crippen LogP contribution in [0, 0.1) is 5.92 Å². The van der Waals surface area contributed by atoms with Gasteiger partial charge in [0.25, 0.3) is 11.8 Å². The number of para-hydroxylation sites is 1. The van der Waals surface area contributed by atoms with Crippen molar-refractivity contribution >= 4 is 57.3 Å². The fourth-order valence-corrected chi connectivity index (χ4v) is 4.79. The quantitative estimate of drug-likeness (QED) is 0.309. The number of pyridine rings is 1. The van der Waals surface area contributed by atoms with Gasteiger partial charge in [0.1, 0.15) is 5.52 Å². The van der Waals surface area contributed by atoms with Gasteiger partial charge < -0.3 is 19.7 Å². The van der Waals surface area contributed by atoms with Gasteiger partial charge in [0, 0.05) is 77.1 Å². The van der Waals surface area contributed by atoms with Crippen molar-refractivity contribution in [1.29, 1.82) is 0 Å². The van der Waals surface area contributed by atoms with Crippen LogP contribution in [0.5, 0.6) is 0 Å². The van der Waals surface area contributed by atoms with Crippen molar-refractivity contribution in [3.8, 4) is 0 Å². The Bertz CT molecular complexity index is 1530. The maximum atomic E-state index is 12.8. The molecule has 42 heavy (non-hydrogen) atoms. The first-order valence-electron chi connectivity index (χ1n) is 14.1.